The molecule has 102 valence electrons. The SMILES string of the molecule is CCCC(=O)Nc1cc(-c2c[nH]c3ncccc23)cs1. The molecular weight excluding hydrogens is 270 g/mol. The fourth-order valence-corrected chi connectivity index (χ4v) is 2.98. The Balaban J connectivity index is 1.88. The van der Waals surface area contributed by atoms with Crippen molar-refractivity contribution in [2.45, 2.75) is 19.8 Å². The molecule has 3 aromatic rings. The standard InChI is InChI=1S/C15H15N3OS/c1-2-4-13(19)18-14-7-10(9-20-14)12-8-17-15-11(12)5-3-6-16-15/h3,5-9H,2,4H2,1H3,(H,16,17)(H,18,19). The molecule has 20 heavy (non-hydrogen) atoms. The number of aromatic amines is 1. The number of pyridine rings is 1. The van der Waals surface area contributed by atoms with E-state index in [1.54, 1.807) is 17.5 Å². The summed E-state index contributed by atoms with van der Waals surface area (Å²) in [6, 6.07) is 5.98. The van der Waals surface area contributed by atoms with E-state index in [1.807, 2.05) is 31.3 Å². The van der Waals surface area contributed by atoms with Gasteiger partial charge in [-0.1, -0.05) is 6.92 Å². The molecule has 0 aliphatic rings. The summed E-state index contributed by atoms with van der Waals surface area (Å²) in [4.78, 5) is 19.0. The predicted molar refractivity (Wildman–Crippen MR) is 82.9 cm³/mol. The lowest BCUT2D eigenvalue weighted by atomic mass is 10.1. The van der Waals surface area contributed by atoms with E-state index in [2.05, 4.69) is 20.7 Å². The summed E-state index contributed by atoms with van der Waals surface area (Å²) in [5.41, 5.74) is 3.09. The van der Waals surface area contributed by atoms with Crippen molar-refractivity contribution in [2.75, 3.05) is 5.32 Å². The Bertz CT molecular complexity index is 744. The maximum absolute atomic E-state index is 11.6. The number of nitrogens with zero attached hydrogens (tertiary/aromatic N) is 1. The van der Waals surface area contributed by atoms with Crippen LogP contribution in [0.3, 0.4) is 0 Å². The molecule has 3 aromatic heterocycles. The molecule has 0 aliphatic heterocycles. The number of rotatable bonds is 4. The van der Waals surface area contributed by atoms with Gasteiger partial charge in [0, 0.05) is 35.1 Å². The minimum absolute atomic E-state index is 0.0708. The first-order valence-electron chi connectivity index (χ1n) is 6.59. The van der Waals surface area contributed by atoms with E-state index >= 15 is 0 Å². The van der Waals surface area contributed by atoms with Crippen LogP contribution >= 0.6 is 11.3 Å². The molecule has 0 unspecified atom stereocenters. The molecule has 2 N–H and O–H groups in total. The first kappa shape index (κ1) is 12.9. The predicted octanol–water partition coefficient (Wildman–Crippen LogP) is 4.03. The molecule has 1 amide bonds. The number of carbonyl (C=O) groups excluding carboxylic acids is 1. The van der Waals surface area contributed by atoms with Crippen LogP contribution in [0.2, 0.25) is 0 Å². The van der Waals surface area contributed by atoms with Gasteiger partial charge in [-0.3, -0.25) is 4.79 Å². The largest absolute Gasteiger partial charge is 0.346 e. The van der Waals surface area contributed by atoms with Crippen LogP contribution in [-0.2, 0) is 4.79 Å². The summed E-state index contributed by atoms with van der Waals surface area (Å²) in [5.74, 6) is 0.0708. The van der Waals surface area contributed by atoms with Gasteiger partial charge in [0.25, 0.3) is 0 Å². The molecule has 3 rings (SSSR count). The first-order chi connectivity index (χ1) is 9.78. The topological polar surface area (TPSA) is 57.8 Å². The van der Waals surface area contributed by atoms with Gasteiger partial charge in [0.1, 0.15) is 5.65 Å². The third-order valence-corrected chi connectivity index (χ3v) is 3.95. The second-order valence-corrected chi connectivity index (χ2v) is 5.51. The van der Waals surface area contributed by atoms with Gasteiger partial charge in [-0.2, -0.15) is 0 Å². The lowest BCUT2D eigenvalue weighted by Crippen LogP contribution is -2.09. The molecule has 0 radical (unpaired) electrons. The summed E-state index contributed by atoms with van der Waals surface area (Å²) in [6.07, 6.45) is 5.15. The molecule has 0 saturated heterocycles. The molecule has 4 nitrogen and oxygen atoms in total. The average molecular weight is 285 g/mol. The van der Waals surface area contributed by atoms with Crippen LogP contribution in [0.1, 0.15) is 19.8 Å². The number of hydrogen-bond donors (Lipinski definition) is 2. The van der Waals surface area contributed by atoms with Gasteiger partial charge in [0.15, 0.2) is 0 Å². The smallest absolute Gasteiger partial charge is 0.224 e. The van der Waals surface area contributed by atoms with E-state index in [9.17, 15) is 4.79 Å². The average Bonchev–Trinajstić information content (AvgIpc) is 3.05. The number of nitrogens with one attached hydrogen (secondary N) is 2. The fraction of sp³-hybridized carbons (Fsp3) is 0.200. The number of fused-ring (bicyclic) bond motifs is 1. The van der Waals surface area contributed by atoms with Crippen molar-refractivity contribution in [2.24, 2.45) is 0 Å². The molecular formula is C15H15N3OS. The summed E-state index contributed by atoms with van der Waals surface area (Å²) in [6.45, 7) is 2.00. The second-order valence-electron chi connectivity index (χ2n) is 4.60. The van der Waals surface area contributed by atoms with E-state index in [-0.39, 0.29) is 5.91 Å². The molecule has 0 atom stereocenters. The Morgan fingerprint density at radius 2 is 2.40 bits per heavy atom. The minimum atomic E-state index is 0.0708. The zero-order valence-corrected chi connectivity index (χ0v) is 12.0. The molecule has 0 aliphatic carbocycles. The van der Waals surface area contributed by atoms with Crippen molar-refractivity contribution in [3.63, 3.8) is 0 Å². The summed E-state index contributed by atoms with van der Waals surface area (Å²) in [5, 5.41) is 6.96. The van der Waals surface area contributed by atoms with E-state index in [4.69, 9.17) is 0 Å². The third kappa shape index (κ3) is 2.44. The van der Waals surface area contributed by atoms with Crippen molar-refractivity contribution in [1.29, 1.82) is 0 Å². The van der Waals surface area contributed by atoms with Gasteiger partial charge in [-0.25, -0.2) is 4.98 Å². The third-order valence-electron chi connectivity index (χ3n) is 3.10. The highest BCUT2D eigenvalue weighted by atomic mass is 32.1. The number of anilines is 1. The van der Waals surface area contributed by atoms with Crippen molar-refractivity contribution >= 4 is 33.3 Å². The van der Waals surface area contributed by atoms with Crippen LogP contribution in [0.15, 0.2) is 36.0 Å². The van der Waals surface area contributed by atoms with Crippen LogP contribution in [0.4, 0.5) is 5.00 Å². The number of aromatic nitrogens is 2. The van der Waals surface area contributed by atoms with Gasteiger partial charge in [-0.15, -0.1) is 11.3 Å². The molecule has 0 saturated carbocycles. The van der Waals surface area contributed by atoms with E-state index in [0.29, 0.717) is 6.42 Å². The number of thiophene rings is 1. The van der Waals surface area contributed by atoms with Crippen molar-refractivity contribution in [1.82, 2.24) is 9.97 Å². The second kappa shape index (κ2) is 5.46. The lowest BCUT2D eigenvalue weighted by molar-refractivity contribution is -0.116. The summed E-state index contributed by atoms with van der Waals surface area (Å²) in [7, 11) is 0. The Kier molecular flexibility index (Phi) is 3.52. The fourth-order valence-electron chi connectivity index (χ4n) is 2.16. The van der Waals surface area contributed by atoms with Gasteiger partial charge >= 0.3 is 0 Å². The molecule has 5 heteroatoms. The highest BCUT2D eigenvalue weighted by Crippen LogP contribution is 2.33. The first-order valence-corrected chi connectivity index (χ1v) is 7.46. The van der Waals surface area contributed by atoms with Gasteiger partial charge < -0.3 is 10.3 Å². The maximum atomic E-state index is 11.6. The molecule has 0 fully saturated rings. The maximum Gasteiger partial charge on any atom is 0.224 e. The number of hydrogen-bond acceptors (Lipinski definition) is 3. The van der Waals surface area contributed by atoms with Crippen molar-refractivity contribution < 1.29 is 4.79 Å². The van der Waals surface area contributed by atoms with E-state index < -0.39 is 0 Å². The molecule has 0 spiro atoms. The Hall–Kier alpha value is -2.14. The van der Waals surface area contributed by atoms with Crippen LogP contribution in [0, 0.1) is 0 Å². The molecule has 0 bridgehead atoms. The van der Waals surface area contributed by atoms with Crippen LogP contribution in [0.25, 0.3) is 22.2 Å². The van der Waals surface area contributed by atoms with Crippen molar-refractivity contribution in [3.8, 4) is 11.1 Å². The molecule has 0 aromatic carbocycles. The van der Waals surface area contributed by atoms with Gasteiger partial charge in [-0.05, 0) is 30.2 Å². The monoisotopic (exact) mass is 285 g/mol. The molecule has 3 heterocycles. The van der Waals surface area contributed by atoms with E-state index in [0.717, 1.165) is 33.6 Å². The van der Waals surface area contributed by atoms with Gasteiger partial charge in [0.2, 0.25) is 5.91 Å². The Labute approximate surface area is 120 Å². The summed E-state index contributed by atoms with van der Waals surface area (Å²) >= 11 is 1.54. The Morgan fingerprint density at radius 1 is 1.50 bits per heavy atom. The number of amides is 1. The Morgan fingerprint density at radius 3 is 3.25 bits per heavy atom. The minimum Gasteiger partial charge on any atom is -0.346 e. The van der Waals surface area contributed by atoms with Crippen LogP contribution in [0.5, 0.6) is 0 Å². The quantitative estimate of drug-likeness (QED) is 0.760. The summed E-state index contributed by atoms with van der Waals surface area (Å²) < 4.78 is 0. The van der Waals surface area contributed by atoms with Crippen molar-refractivity contribution in [3.05, 3.63) is 36.0 Å². The number of H-pyrrole nitrogens is 1. The highest BCUT2D eigenvalue weighted by molar-refractivity contribution is 7.14. The van der Waals surface area contributed by atoms with E-state index in [1.165, 1.54) is 0 Å². The zero-order chi connectivity index (χ0) is 13.9. The van der Waals surface area contributed by atoms with Gasteiger partial charge in [0.05, 0.1) is 5.00 Å². The van der Waals surface area contributed by atoms with Crippen LogP contribution < -0.4 is 5.32 Å². The highest BCUT2D eigenvalue weighted by Gasteiger charge is 2.09. The van der Waals surface area contributed by atoms with Crippen LogP contribution in [-0.4, -0.2) is 15.9 Å². The lowest BCUT2D eigenvalue weighted by Gasteiger charge is -1.99. The number of carbonyl (C=O) groups is 1. The normalized spacial score (nSPS) is 10.8. The zero-order valence-electron chi connectivity index (χ0n) is 11.1.